The first kappa shape index (κ1) is 18.4. The molecule has 4 heteroatoms. The fourth-order valence-corrected chi connectivity index (χ4v) is 4.75. The molecule has 1 aromatic rings. The van der Waals surface area contributed by atoms with E-state index in [-0.39, 0.29) is 17.7 Å². The molecule has 3 rings (SSSR count). The highest BCUT2D eigenvalue weighted by atomic mass is 19.1. The Morgan fingerprint density at radius 2 is 2.00 bits per heavy atom. The molecule has 4 atom stereocenters. The monoisotopic (exact) mass is 347 g/mol. The normalized spacial score (nSPS) is 28.6. The summed E-state index contributed by atoms with van der Waals surface area (Å²) in [6.45, 7) is 4.60. The molecular weight excluding hydrogens is 317 g/mol. The minimum absolute atomic E-state index is 0.223. The number of halogens is 1. The average molecular weight is 347 g/mol. The standard InChI is InChI=1S/C21H30FNO2/c1-13(2)21(24)25-18-10-16(9-17(22)11-18)19-8-14-5-6-15(7-14)20(19)12-23(3)4/h9-11,13-15,19-20H,5-8,12H2,1-4H3/t14-,15-,19?,20+/m1/s1. The lowest BCUT2D eigenvalue weighted by Gasteiger charge is -2.38. The molecule has 0 N–H and O–H groups in total. The quantitative estimate of drug-likeness (QED) is 0.581. The van der Waals surface area contributed by atoms with E-state index in [1.807, 2.05) is 6.07 Å². The first-order chi connectivity index (χ1) is 11.8. The van der Waals surface area contributed by atoms with Crippen molar-refractivity contribution in [3.8, 4) is 5.75 Å². The van der Waals surface area contributed by atoms with Gasteiger partial charge < -0.3 is 9.64 Å². The molecule has 0 radical (unpaired) electrons. The maximum atomic E-state index is 14.2. The van der Waals surface area contributed by atoms with Crippen LogP contribution < -0.4 is 4.74 Å². The van der Waals surface area contributed by atoms with Crippen LogP contribution in [0, 0.1) is 29.5 Å². The summed E-state index contributed by atoms with van der Waals surface area (Å²) in [4.78, 5) is 14.1. The number of nitrogens with zero attached hydrogens (tertiary/aromatic N) is 1. The molecule has 0 heterocycles. The van der Waals surface area contributed by atoms with E-state index in [1.54, 1.807) is 19.9 Å². The molecule has 2 fully saturated rings. The van der Waals surface area contributed by atoms with Crippen LogP contribution in [0.1, 0.15) is 51.0 Å². The summed E-state index contributed by atoms with van der Waals surface area (Å²) >= 11 is 0. The van der Waals surface area contributed by atoms with E-state index in [0.717, 1.165) is 30.4 Å². The molecule has 1 aromatic carbocycles. The van der Waals surface area contributed by atoms with Crippen LogP contribution in [0.15, 0.2) is 18.2 Å². The lowest BCUT2D eigenvalue weighted by atomic mass is 9.69. The molecule has 138 valence electrons. The highest BCUT2D eigenvalue weighted by Gasteiger charge is 2.42. The van der Waals surface area contributed by atoms with Crippen molar-refractivity contribution in [3.63, 3.8) is 0 Å². The number of ether oxygens (including phenoxy) is 1. The van der Waals surface area contributed by atoms with Gasteiger partial charge in [-0.3, -0.25) is 4.79 Å². The predicted molar refractivity (Wildman–Crippen MR) is 97.1 cm³/mol. The second-order valence-corrected chi connectivity index (χ2v) is 8.50. The van der Waals surface area contributed by atoms with Gasteiger partial charge in [0.15, 0.2) is 0 Å². The molecule has 0 amide bonds. The SMILES string of the molecule is CC(C)C(=O)Oc1cc(F)cc(C2C[C@@H]3CC[C@H](C3)[C@@H]2CN(C)C)c1. The minimum Gasteiger partial charge on any atom is -0.426 e. The summed E-state index contributed by atoms with van der Waals surface area (Å²) in [5.41, 5.74) is 0.995. The lowest BCUT2D eigenvalue weighted by molar-refractivity contribution is -0.137. The zero-order valence-electron chi connectivity index (χ0n) is 15.8. The van der Waals surface area contributed by atoms with Gasteiger partial charge in [0, 0.05) is 12.6 Å². The maximum absolute atomic E-state index is 14.2. The maximum Gasteiger partial charge on any atom is 0.313 e. The smallest absolute Gasteiger partial charge is 0.313 e. The van der Waals surface area contributed by atoms with Crippen molar-refractivity contribution in [2.24, 2.45) is 23.7 Å². The van der Waals surface area contributed by atoms with Gasteiger partial charge in [-0.05, 0) is 74.7 Å². The van der Waals surface area contributed by atoms with Gasteiger partial charge in [-0.2, -0.15) is 0 Å². The Morgan fingerprint density at radius 3 is 2.68 bits per heavy atom. The lowest BCUT2D eigenvalue weighted by Crippen LogP contribution is -2.34. The first-order valence-corrected chi connectivity index (χ1v) is 9.50. The Hall–Kier alpha value is -1.42. The second-order valence-electron chi connectivity index (χ2n) is 8.50. The van der Waals surface area contributed by atoms with Gasteiger partial charge in [0.1, 0.15) is 11.6 Å². The van der Waals surface area contributed by atoms with Gasteiger partial charge in [0.25, 0.3) is 0 Å². The van der Waals surface area contributed by atoms with Crippen LogP contribution >= 0.6 is 0 Å². The number of esters is 1. The van der Waals surface area contributed by atoms with E-state index in [0.29, 0.717) is 17.6 Å². The molecule has 2 bridgehead atoms. The number of fused-ring (bicyclic) bond motifs is 2. The molecule has 25 heavy (non-hydrogen) atoms. The van der Waals surface area contributed by atoms with Crippen molar-refractivity contribution in [2.45, 2.75) is 45.4 Å². The van der Waals surface area contributed by atoms with Crippen LogP contribution in [0.4, 0.5) is 4.39 Å². The number of rotatable bonds is 5. The van der Waals surface area contributed by atoms with Crippen LogP contribution in [0.2, 0.25) is 0 Å². The molecule has 0 spiro atoms. The van der Waals surface area contributed by atoms with Crippen LogP contribution in [0.5, 0.6) is 5.75 Å². The number of benzene rings is 1. The number of carbonyl (C=O) groups is 1. The summed E-state index contributed by atoms with van der Waals surface area (Å²) < 4.78 is 19.6. The topological polar surface area (TPSA) is 29.5 Å². The third-order valence-corrected chi connectivity index (χ3v) is 5.88. The molecule has 2 aliphatic carbocycles. The average Bonchev–Trinajstić information content (AvgIpc) is 2.91. The third kappa shape index (κ3) is 4.22. The number of hydrogen-bond acceptors (Lipinski definition) is 3. The molecule has 2 saturated carbocycles. The van der Waals surface area contributed by atoms with Crippen LogP contribution in [-0.4, -0.2) is 31.5 Å². The summed E-state index contributed by atoms with van der Waals surface area (Å²) in [5.74, 6) is 1.88. The van der Waals surface area contributed by atoms with Crippen molar-refractivity contribution >= 4 is 5.97 Å². The van der Waals surface area contributed by atoms with E-state index < -0.39 is 0 Å². The van der Waals surface area contributed by atoms with E-state index in [9.17, 15) is 9.18 Å². The summed E-state index contributed by atoms with van der Waals surface area (Å²) in [7, 11) is 4.22. The van der Waals surface area contributed by atoms with E-state index >= 15 is 0 Å². The van der Waals surface area contributed by atoms with E-state index in [2.05, 4.69) is 19.0 Å². The van der Waals surface area contributed by atoms with Crippen LogP contribution in [-0.2, 0) is 4.79 Å². The molecule has 2 aliphatic rings. The number of hydrogen-bond donors (Lipinski definition) is 0. The zero-order valence-corrected chi connectivity index (χ0v) is 15.8. The zero-order chi connectivity index (χ0) is 18.1. The number of carbonyl (C=O) groups excluding carboxylic acids is 1. The van der Waals surface area contributed by atoms with Gasteiger partial charge in [0.05, 0.1) is 5.92 Å². The fraction of sp³-hybridized carbons (Fsp3) is 0.667. The Balaban J connectivity index is 1.88. The molecule has 3 nitrogen and oxygen atoms in total. The Kier molecular flexibility index (Phi) is 5.47. The predicted octanol–water partition coefficient (Wildman–Crippen LogP) is 4.47. The fourth-order valence-electron chi connectivity index (χ4n) is 4.75. The third-order valence-electron chi connectivity index (χ3n) is 5.88. The molecule has 1 unspecified atom stereocenters. The molecule has 0 aliphatic heterocycles. The summed E-state index contributed by atoms with van der Waals surface area (Å²) in [6.07, 6.45) is 5.04. The second kappa shape index (κ2) is 7.45. The van der Waals surface area contributed by atoms with E-state index in [1.165, 1.54) is 25.3 Å². The Bertz CT molecular complexity index is 628. The van der Waals surface area contributed by atoms with Gasteiger partial charge >= 0.3 is 5.97 Å². The van der Waals surface area contributed by atoms with Gasteiger partial charge in [-0.25, -0.2) is 4.39 Å². The summed E-state index contributed by atoms with van der Waals surface area (Å²) in [5, 5.41) is 0. The molecule has 0 saturated heterocycles. The van der Waals surface area contributed by atoms with Crippen LogP contribution in [0.25, 0.3) is 0 Å². The van der Waals surface area contributed by atoms with Crippen molar-refractivity contribution in [2.75, 3.05) is 20.6 Å². The Morgan fingerprint density at radius 1 is 1.24 bits per heavy atom. The first-order valence-electron chi connectivity index (χ1n) is 9.50. The largest absolute Gasteiger partial charge is 0.426 e. The molecular formula is C21H30FNO2. The van der Waals surface area contributed by atoms with Crippen molar-refractivity contribution < 1.29 is 13.9 Å². The van der Waals surface area contributed by atoms with Crippen LogP contribution in [0.3, 0.4) is 0 Å². The summed E-state index contributed by atoms with van der Waals surface area (Å²) in [6, 6.07) is 4.86. The highest BCUT2D eigenvalue weighted by molar-refractivity contribution is 5.74. The highest BCUT2D eigenvalue weighted by Crippen LogP contribution is 2.52. The van der Waals surface area contributed by atoms with Gasteiger partial charge in [0.2, 0.25) is 0 Å². The van der Waals surface area contributed by atoms with Crippen molar-refractivity contribution in [3.05, 3.63) is 29.6 Å². The Labute approximate surface area is 150 Å². The van der Waals surface area contributed by atoms with E-state index in [4.69, 9.17) is 4.74 Å². The van der Waals surface area contributed by atoms with Crippen molar-refractivity contribution in [1.82, 2.24) is 4.90 Å². The molecule has 0 aromatic heterocycles. The van der Waals surface area contributed by atoms with Crippen molar-refractivity contribution in [1.29, 1.82) is 0 Å². The van der Waals surface area contributed by atoms with Gasteiger partial charge in [-0.15, -0.1) is 0 Å². The van der Waals surface area contributed by atoms with Gasteiger partial charge in [-0.1, -0.05) is 20.3 Å². The minimum atomic E-state index is -0.315.